The molecule has 2 aromatic carbocycles. The smallest absolute Gasteiger partial charge is 0.335 e. The SMILES string of the molecule is COC(=O)C1=CN(C(=O)[C@@]23CC[C@@](C)(COC2=O)C3(C)C)[C@H](CCC=C(c2ccccc2)c2ccccc2)CC1. The second-order valence-electron chi connectivity index (χ2n) is 12.1. The molecular weight excluding hydrogens is 502 g/mol. The number of nitrogens with zero attached hydrogens (tertiary/aromatic N) is 1. The Labute approximate surface area is 237 Å². The van der Waals surface area contributed by atoms with Gasteiger partial charge in [0, 0.05) is 17.7 Å². The van der Waals surface area contributed by atoms with Crippen LogP contribution < -0.4 is 0 Å². The molecule has 2 bridgehead atoms. The summed E-state index contributed by atoms with van der Waals surface area (Å²) >= 11 is 0. The lowest BCUT2D eigenvalue weighted by atomic mass is 9.57. The fourth-order valence-corrected chi connectivity index (χ4v) is 6.89. The highest BCUT2D eigenvalue weighted by Crippen LogP contribution is 2.66. The Morgan fingerprint density at radius 1 is 1.00 bits per heavy atom. The molecule has 1 saturated heterocycles. The fraction of sp³-hybridized carbons (Fsp3) is 0.441. The average Bonchev–Trinajstić information content (AvgIpc) is 3.08. The van der Waals surface area contributed by atoms with E-state index in [2.05, 4.69) is 37.3 Å². The zero-order valence-corrected chi connectivity index (χ0v) is 23.9. The molecule has 1 aliphatic carbocycles. The van der Waals surface area contributed by atoms with Crippen LogP contribution in [-0.4, -0.2) is 42.5 Å². The molecule has 2 aromatic rings. The molecule has 3 aliphatic rings. The Kier molecular flexibility index (Phi) is 7.47. The van der Waals surface area contributed by atoms with Gasteiger partial charge in [-0.15, -0.1) is 0 Å². The van der Waals surface area contributed by atoms with Crippen LogP contribution in [0.5, 0.6) is 0 Å². The Hall–Kier alpha value is -3.67. The Balaban J connectivity index is 1.47. The lowest BCUT2D eigenvalue weighted by molar-refractivity contribution is -0.193. The van der Waals surface area contributed by atoms with Crippen molar-refractivity contribution in [2.24, 2.45) is 16.2 Å². The minimum atomic E-state index is -1.28. The number of amides is 1. The zero-order valence-electron chi connectivity index (χ0n) is 23.9. The van der Waals surface area contributed by atoms with E-state index >= 15 is 0 Å². The number of methoxy groups -OCH3 is 1. The van der Waals surface area contributed by atoms with E-state index in [1.807, 2.05) is 50.2 Å². The molecule has 0 aromatic heterocycles. The van der Waals surface area contributed by atoms with Crippen molar-refractivity contribution in [3.8, 4) is 0 Å². The van der Waals surface area contributed by atoms with Crippen molar-refractivity contribution in [2.75, 3.05) is 13.7 Å². The molecule has 1 amide bonds. The van der Waals surface area contributed by atoms with Gasteiger partial charge >= 0.3 is 11.9 Å². The van der Waals surface area contributed by atoms with E-state index in [9.17, 15) is 14.4 Å². The van der Waals surface area contributed by atoms with Crippen molar-refractivity contribution in [3.05, 3.63) is 89.6 Å². The number of allylic oxidation sites excluding steroid dienone is 1. The third kappa shape index (κ3) is 4.47. The van der Waals surface area contributed by atoms with Gasteiger partial charge in [0.15, 0.2) is 5.41 Å². The summed E-state index contributed by atoms with van der Waals surface area (Å²) in [5.41, 5.74) is 1.73. The number of esters is 2. The molecule has 2 heterocycles. The van der Waals surface area contributed by atoms with Gasteiger partial charge in [-0.25, -0.2) is 4.79 Å². The molecular formula is C34H39NO5. The lowest BCUT2D eigenvalue weighted by Gasteiger charge is -2.51. The third-order valence-corrected chi connectivity index (χ3v) is 10.00. The number of hydrogen-bond donors (Lipinski definition) is 0. The van der Waals surface area contributed by atoms with E-state index in [4.69, 9.17) is 9.47 Å². The maximum Gasteiger partial charge on any atom is 0.335 e. The van der Waals surface area contributed by atoms with Crippen LogP contribution in [0.15, 0.2) is 78.5 Å². The first-order valence-electron chi connectivity index (χ1n) is 14.2. The number of rotatable bonds is 7. The predicted molar refractivity (Wildman–Crippen MR) is 154 cm³/mol. The van der Waals surface area contributed by atoms with Gasteiger partial charge in [-0.1, -0.05) is 87.5 Å². The first-order chi connectivity index (χ1) is 19.1. The van der Waals surface area contributed by atoms with Crippen LogP contribution in [0.3, 0.4) is 0 Å². The van der Waals surface area contributed by atoms with Gasteiger partial charge in [-0.3, -0.25) is 9.59 Å². The van der Waals surface area contributed by atoms with Crippen LogP contribution in [0.2, 0.25) is 0 Å². The fourth-order valence-electron chi connectivity index (χ4n) is 6.89. The summed E-state index contributed by atoms with van der Waals surface area (Å²) in [7, 11) is 1.35. The molecule has 6 heteroatoms. The van der Waals surface area contributed by atoms with Crippen molar-refractivity contribution in [1.29, 1.82) is 0 Å². The number of hydrogen-bond acceptors (Lipinski definition) is 5. The van der Waals surface area contributed by atoms with Crippen molar-refractivity contribution in [1.82, 2.24) is 4.90 Å². The van der Waals surface area contributed by atoms with Gasteiger partial charge < -0.3 is 14.4 Å². The molecule has 40 heavy (non-hydrogen) atoms. The standard InChI is InChI=1S/C34H39NO5/c1-32(2)33(3)20-21-34(32,31(38)40-23-33)30(37)35-22-26(29(36)39-4)18-19-27(35)16-11-17-28(24-12-7-5-8-13-24)25-14-9-6-10-15-25/h5-10,12-15,17,22,27H,11,16,18-21,23H2,1-4H3/t27-,33+,34+/m1/s1. The summed E-state index contributed by atoms with van der Waals surface area (Å²) < 4.78 is 10.7. The second-order valence-corrected chi connectivity index (χ2v) is 12.1. The Morgan fingerprint density at radius 2 is 1.62 bits per heavy atom. The van der Waals surface area contributed by atoms with Gasteiger partial charge in [0.2, 0.25) is 5.91 Å². The van der Waals surface area contributed by atoms with Crippen LogP contribution in [0.25, 0.3) is 5.57 Å². The van der Waals surface area contributed by atoms with Gasteiger partial charge in [0.25, 0.3) is 0 Å². The number of carbonyl (C=O) groups excluding carboxylic acids is 3. The molecule has 3 atom stereocenters. The topological polar surface area (TPSA) is 72.9 Å². The van der Waals surface area contributed by atoms with E-state index in [-0.39, 0.29) is 17.4 Å². The first kappa shape index (κ1) is 27.9. The number of cyclic esters (lactones) is 1. The van der Waals surface area contributed by atoms with E-state index in [1.54, 1.807) is 11.1 Å². The van der Waals surface area contributed by atoms with Crippen LogP contribution in [0, 0.1) is 16.2 Å². The number of fused-ring (bicyclic) bond motifs is 2. The van der Waals surface area contributed by atoms with E-state index in [0.29, 0.717) is 37.9 Å². The second kappa shape index (κ2) is 10.7. The largest absolute Gasteiger partial charge is 0.466 e. The maximum atomic E-state index is 14.5. The molecule has 2 fully saturated rings. The van der Waals surface area contributed by atoms with Gasteiger partial charge in [0.1, 0.15) is 0 Å². The summed E-state index contributed by atoms with van der Waals surface area (Å²) in [6, 6.07) is 20.4. The molecule has 0 unspecified atom stereocenters. The highest BCUT2D eigenvalue weighted by atomic mass is 16.5. The minimum Gasteiger partial charge on any atom is -0.466 e. The highest BCUT2D eigenvalue weighted by Gasteiger charge is 2.72. The molecule has 0 N–H and O–H groups in total. The first-order valence-corrected chi connectivity index (χ1v) is 14.2. The van der Waals surface area contributed by atoms with E-state index in [1.165, 1.54) is 7.11 Å². The number of carbonyl (C=O) groups is 3. The van der Waals surface area contributed by atoms with Crippen LogP contribution >= 0.6 is 0 Å². The van der Waals surface area contributed by atoms with Crippen LogP contribution in [-0.2, 0) is 23.9 Å². The quantitative estimate of drug-likeness (QED) is 0.303. The Bertz CT molecular complexity index is 1300. The summed E-state index contributed by atoms with van der Waals surface area (Å²) in [4.78, 5) is 42.1. The third-order valence-electron chi connectivity index (χ3n) is 10.00. The van der Waals surface area contributed by atoms with Crippen molar-refractivity contribution in [2.45, 2.75) is 65.3 Å². The summed E-state index contributed by atoms with van der Waals surface area (Å²) in [5.74, 6) is -1.14. The van der Waals surface area contributed by atoms with Crippen molar-refractivity contribution in [3.63, 3.8) is 0 Å². The van der Waals surface area contributed by atoms with Gasteiger partial charge in [0.05, 0.1) is 19.3 Å². The zero-order chi connectivity index (χ0) is 28.5. The van der Waals surface area contributed by atoms with Gasteiger partial charge in [-0.2, -0.15) is 0 Å². The summed E-state index contributed by atoms with van der Waals surface area (Å²) in [6.07, 6.45) is 7.63. The highest BCUT2D eigenvalue weighted by molar-refractivity contribution is 6.05. The summed E-state index contributed by atoms with van der Waals surface area (Å²) in [6.45, 7) is 6.48. The maximum absolute atomic E-state index is 14.5. The average molecular weight is 542 g/mol. The normalized spacial score (nSPS) is 26.9. The molecule has 210 valence electrons. The number of benzene rings is 2. The lowest BCUT2D eigenvalue weighted by Crippen LogP contribution is -2.61. The van der Waals surface area contributed by atoms with E-state index < -0.39 is 22.8 Å². The molecule has 1 saturated carbocycles. The Morgan fingerprint density at radius 3 is 2.23 bits per heavy atom. The molecule has 6 nitrogen and oxygen atoms in total. The van der Waals surface area contributed by atoms with Gasteiger partial charge in [-0.05, 0) is 60.6 Å². The van der Waals surface area contributed by atoms with Crippen LogP contribution in [0.4, 0.5) is 0 Å². The summed E-state index contributed by atoms with van der Waals surface area (Å²) in [5, 5.41) is 0. The molecule has 0 radical (unpaired) electrons. The minimum absolute atomic E-state index is 0.156. The van der Waals surface area contributed by atoms with Crippen molar-refractivity contribution < 1.29 is 23.9 Å². The number of ether oxygens (including phenoxy) is 2. The van der Waals surface area contributed by atoms with Crippen LogP contribution in [0.1, 0.15) is 70.4 Å². The molecule has 2 aliphatic heterocycles. The monoisotopic (exact) mass is 541 g/mol. The molecule has 5 rings (SSSR count). The predicted octanol–water partition coefficient (Wildman–Crippen LogP) is 6.32. The molecule has 0 spiro atoms. The van der Waals surface area contributed by atoms with Crippen molar-refractivity contribution >= 4 is 23.4 Å². The van der Waals surface area contributed by atoms with E-state index in [0.717, 1.165) is 29.5 Å².